The number of hydrogen-bond acceptors (Lipinski definition) is 4. The van der Waals surface area contributed by atoms with Gasteiger partial charge in [-0.05, 0) is 44.0 Å². The highest BCUT2D eigenvalue weighted by atomic mass is 16.5. The zero-order valence-corrected chi connectivity index (χ0v) is 12.4. The van der Waals surface area contributed by atoms with Crippen LogP contribution >= 0.6 is 0 Å². The summed E-state index contributed by atoms with van der Waals surface area (Å²) in [4.78, 5) is 0. The van der Waals surface area contributed by atoms with Crippen LogP contribution in [0, 0.1) is 11.3 Å². The van der Waals surface area contributed by atoms with Gasteiger partial charge in [0.1, 0.15) is 0 Å². The van der Waals surface area contributed by atoms with Crippen LogP contribution in [0.1, 0.15) is 38.7 Å². The van der Waals surface area contributed by atoms with E-state index in [4.69, 9.17) is 14.7 Å². The SMILES string of the molecule is CCCNCc1ccc(OCCCC#N)c(OCC)c1. The minimum atomic E-state index is 0.517. The summed E-state index contributed by atoms with van der Waals surface area (Å²) in [5.74, 6) is 1.53. The average molecular weight is 276 g/mol. The van der Waals surface area contributed by atoms with Crippen molar-refractivity contribution in [3.63, 3.8) is 0 Å². The normalized spacial score (nSPS) is 10.1. The van der Waals surface area contributed by atoms with Crippen LogP contribution < -0.4 is 14.8 Å². The van der Waals surface area contributed by atoms with E-state index in [9.17, 15) is 0 Å². The highest BCUT2D eigenvalue weighted by Crippen LogP contribution is 2.28. The van der Waals surface area contributed by atoms with E-state index in [0.717, 1.165) is 37.4 Å². The predicted molar refractivity (Wildman–Crippen MR) is 80.0 cm³/mol. The van der Waals surface area contributed by atoms with Crippen LogP contribution in [0.2, 0.25) is 0 Å². The Balaban J connectivity index is 2.61. The standard InChI is InChI=1S/C16H24N2O2/c1-3-10-18-13-14-7-8-15(16(12-14)19-4-2)20-11-6-5-9-17/h7-8,12,18H,3-6,10-11,13H2,1-2H3. The first-order valence-corrected chi connectivity index (χ1v) is 7.28. The average Bonchev–Trinajstić information content (AvgIpc) is 2.46. The number of ether oxygens (including phenoxy) is 2. The molecule has 0 fully saturated rings. The number of nitriles is 1. The quantitative estimate of drug-likeness (QED) is 0.666. The molecule has 4 heteroatoms. The molecule has 0 bridgehead atoms. The van der Waals surface area contributed by atoms with Gasteiger partial charge in [0, 0.05) is 13.0 Å². The minimum Gasteiger partial charge on any atom is -0.490 e. The predicted octanol–water partition coefficient (Wildman–Crippen LogP) is 3.27. The first-order valence-electron chi connectivity index (χ1n) is 7.28. The number of nitrogens with one attached hydrogen (secondary N) is 1. The Hall–Kier alpha value is -1.73. The molecule has 0 atom stereocenters. The van der Waals surface area contributed by atoms with Crippen LogP contribution in [0.25, 0.3) is 0 Å². The van der Waals surface area contributed by atoms with E-state index in [2.05, 4.69) is 18.3 Å². The number of benzene rings is 1. The topological polar surface area (TPSA) is 54.3 Å². The summed E-state index contributed by atoms with van der Waals surface area (Å²) in [6, 6.07) is 8.12. The molecule has 1 rings (SSSR count). The number of unbranched alkanes of at least 4 members (excludes halogenated alkanes) is 1. The van der Waals surface area contributed by atoms with Crippen molar-refractivity contribution in [1.29, 1.82) is 5.26 Å². The van der Waals surface area contributed by atoms with Crippen molar-refractivity contribution in [2.24, 2.45) is 0 Å². The molecule has 1 aromatic carbocycles. The summed E-state index contributed by atoms with van der Waals surface area (Å²) in [6.07, 6.45) is 2.38. The Morgan fingerprint density at radius 1 is 1.20 bits per heavy atom. The van der Waals surface area contributed by atoms with Gasteiger partial charge in [-0.1, -0.05) is 13.0 Å². The number of rotatable bonds is 10. The second kappa shape index (κ2) is 10.1. The molecule has 0 aliphatic carbocycles. The van der Waals surface area contributed by atoms with Gasteiger partial charge < -0.3 is 14.8 Å². The molecular formula is C16H24N2O2. The van der Waals surface area contributed by atoms with Crippen molar-refractivity contribution >= 4 is 0 Å². The van der Waals surface area contributed by atoms with E-state index in [1.165, 1.54) is 5.56 Å². The maximum Gasteiger partial charge on any atom is 0.161 e. The number of nitrogens with zero attached hydrogens (tertiary/aromatic N) is 1. The molecule has 0 saturated heterocycles. The van der Waals surface area contributed by atoms with Crippen molar-refractivity contribution in [3.05, 3.63) is 23.8 Å². The van der Waals surface area contributed by atoms with Gasteiger partial charge in [-0.3, -0.25) is 0 Å². The largest absolute Gasteiger partial charge is 0.490 e. The molecular weight excluding hydrogens is 252 g/mol. The molecule has 20 heavy (non-hydrogen) atoms. The summed E-state index contributed by atoms with van der Waals surface area (Å²) < 4.78 is 11.3. The smallest absolute Gasteiger partial charge is 0.161 e. The highest BCUT2D eigenvalue weighted by Gasteiger charge is 2.06. The molecule has 0 radical (unpaired) electrons. The third-order valence-corrected chi connectivity index (χ3v) is 2.75. The lowest BCUT2D eigenvalue weighted by Crippen LogP contribution is -2.13. The van der Waals surface area contributed by atoms with Crippen LogP contribution in [0.15, 0.2) is 18.2 Å². The van der Waals surface area contributed by atoms with Gasteiger partial charge in [0.15, 0.2) is 11.5 Å². The Morgan fingerprint density at radius 3 is 2.75 bits per heavy atom. The van der Waals surface area contributed by atoms with Crippen LogP contribution in [-0.2, 0) is 6.54 Å². The maximum absolute atomic E-state index is 8.50. The zero-order valence-electron chi connectivity index (χ0n) is 12.4. The Kier molecular flexibility index (Phi) is 8.25. The zero-order chi connectivity index (χ0) is 14.6. The molecule has 0 aromatic heterocycles. The summed E-state index contributed by atoms with van der Waals surface area (Å²) in [5.41, 5.74) is 1.19. The molecule has 0 heterocycles. The van der Waals surface area contributed by atoms with Gasteiger partial charge in [-0.25, -0.2) is 0 Å². The van der Waals surface area contributed by atoms with Crippen molar-refractivity contribution in [1.82, 2.24) is 5.32 Å². The maximum atomic E-state index is 8.50. The van der Waals surface area contributed by atoms with Gasteiger partial charge in [-0.15, -0.1) is 0 Å². The molecule has 0 saturated carbocycles. The fourth-order valence-corrected chi connectivity index (χ4v) is 1.79. The second-order valence-electron chi connectivity index (χ2n) is 4.50. The van der Waals surface area contributed by atoms with Gasteiger partial charge in [0.05, 0.1) is 19.3 Å². The van der Waals surface area contributed by atoms with E-state index in [1.54, 1.807) is 0 Å². The summed E-state index contributed by atoms with van der Waals surface area (Å²) in [7, 11) is 0. The van der Waals surface area contributed by atoms with Crippen molar-refractivity contribution in [2.75, 3.05) is 19.8 Å². The van der Waals surface area contributed by atoms with Gasteiger partial charge >= 0.3 is 0 Å². The fraction of sp³-hybridized carbons (Fsp3) is 0.562. The molecule has 4 nitrogen and oxygen atoms in total. The van der Waals surface area contributed by atoms with Crippen molar-refractivity contribution in [2.45, 2.75) is 39.7 Å². The van der Waals surface area contributed by atoms with Gasteiger partial charge in [0.25, 0.3) is 0 Å². The van der Waals surface area contributed by atoms with Crippen molar-refractivity contribution in [3.8, 4) is 17.6 Å². The molecule has 0 amide bonds. The minimum absolute atomic E-state index is 0.517. The van der Waals surface area contributed by atoms with E-state index in [0.29, 0.717) is 19.6 Å². The monoisotopic (exact) mass is 276 g/mol. The Labute approximate surface area is 121 Å². The second-order valence-corrected chi connectivity index (χ2v) is 4.50. The molecule has 1 aromatic rings. The first-order chi connectivity index (χ1) is 9.81. The first kappa shape index (κ1) is 16.3. The molecule has 0 unspecified atom stereocenters. The molecule has 110 valence electrons. The lowest BCUT2D eigenvalue weighted by Gasteiger charge is -2.13. The van der Waals surface area contributed by atoms with Gasteiger partial charge in [0.2, 0.25) is 0 Å². The van der Waals surface area contributed by atoms with E-state index < -0.39 is 0 Å². The summed E-state index contributed by atoms with van der Waals surface area (Å²) in [5, 5.41) is 11.9. The van der Waals surface area contributed by atoms with Crippen LogP contribution in [-0.4, -0.2) is 19.8 Å². The van der Waals surface area contributed by atoms with Crippen molar-refractivity contribution < 1.29 is 9.47 Å². The molecule has 0 aliphatic heterocycles. The van der Waals surface area contributed by atoms with Crippen LogP contribution in [0.3, 0.4) is 0 Å². The third-order valence-electron chi connectivity index (χ3n) is 2.75. The van der Waals surface area contributed by atoms with E-state index >= 15 is 0 Å². The van der Waals surface area contributed by atoms with E-state index in [-0.39, 0.29) is 0 Å². The molecule has 0 aliphatic rings. The summed E-state index contributed by atoms with van der Waals surface area (Å²) >= 11 is 0. The van der Waals surface area contributed by atoms with Crippen LogP contribution in [0.5, 0.6) is 11.5 Å². The molecule has 0 spiro atoms. The Morgan fingerprint density at radius 2 is 2.05 bits per heavy atom. The van der Waals surface area contributed by atoms with Gasteiger partial charge in [-0.2, -0.15) is 5.26 Å². The molecule has 1 N–H and O–H groups in total. The third kappa shape index (κ3) is 5.94. The van der Waals surface area contributed by atoms with Crippen LogP contribution in [0.4, 0.5) is 0 Å². The fourth-order valence-electron chi connectivity index (χ4n) is 1.79. The highest BCUT2D eigenvalue weighted by molar-refractivity contribution is 5.43. The Bertz CT molecular complexity index is 427. The lowest BCUT2D eigenvalue weighted by molar-refractivity contribution is 0.274. The van der Waals surface area contributed by atoms with E-state index in [1.807, 2.05) is 25.1 Å². The summed E-state index contributed by atoms with van der Waals surface area (Å²) in [6.45, 7) is 7.11. The lowest BCUT2D eigenvalue weighted by atomic mass is 10.2. The number of hydrogen-bond donors (Lipinski definition) is 1.